The third-order valence-electron chi connectivity index (χ3n) is 5.35. The van der Waals surface area contributed by atoms with Crippen LogP contribution in [0.5, 0.6) is 5.75 Å². The van der Waals surface area contributed by atoms with Crippen molar-refractivity contribution in [1.29, 1.82) is 0 Å². The van der Waals surface area contributed by atoms with E-state index in [0.29, 0.717) is 0 Å². The Morgan fingerprint density at radius 3 is 1.42 bits per heavy atom. The first-order valence-corrected chi connectivity index (χ1v) is 12.1. The lowest BCUT2D eigenvalue weighted by Crippen LogP contribution is -2.44. The summed E-state index contributed by atoms with van der Waals surface area (Å²) in [6, 6.07) is 27.5. The predicted molar refractivity (Wildman–Crippen MR) is 115 cm³/mol. The van der Waals surface area contributed by atoms with Gasteiger partial charge in [0.2, 0.25) is 0 Å². The Balaban J connectivity index is 2.21. The second kappa shape index (κ2) is 7.12. The van der Waals surface area contributed by atoms with E-state index in [0.717, 1.165) is 16.9 Å². The Morgan fingerprint density at radius 2 is 1.04 bits per heavy atom. The van der Waals surface area contributed by atoms with E-state index in [-0.39, 0.29) is 5.04 Å². The first-order chi connectivity index (χ1) is 12.3. The molecule has 0 fully saturated rings. The molecule has 0 bridgehead atoms. The predicted octanol–water partition coefficient (Wildman–Crippen LogP) is 7.40. The van der Waals surface area contributed by atoms with Gasteiger partial charge in [0.1, 0.15) is 5.75 Å². The highest BCUT2D eigenvalue weighted by atomic mass is 28.4. The molecule has 3 aromatic rings. The first-order valence-electron chi connectivity index (χ1n) is 9.22. The summed E-state index contributed by atoms with van der Waals surface area (Å²) in [5, 5.41) is 0.144. The van der Waals surface area contributed by atoms with E-state index in [1.54, 1.807) is 0 Å². The van der Waals surface area contributed by atoms with Crippen LogP contribution in [0.2, 0.25) is 18.1 Å². The molecule has 0 aliphatic carbocycles. The van der Waals surface area contributed by atoms with E-state index in [9.17, 15) is 0 Å². The fourth-order valence-corrected chi connectivity index (χ4v) is 3.78. The molecule has 0 saturated heterocycles. The van der Waals surface area contributed by atoms with Gasteiger partial charge in [-0.05, 0) is 29.3 Å². The fourth-order valence-electron chi connectivity index (χ4n) is 2.75. The van der Waals surface area contributed by atoms with E-state index in [4.69, 9.17) is 4.43 Å². The SMILES string of the molecule is CC(C)(C)[Si](C)(C)Oc1c(-c2ccccc2)cccc1-c1ccccc1. The molecule has 0 heterocycles. The second-order valence-corrected chi connectivity index (χ2v) is 13.0. The maximum atomic E-state index is 6.88. The fraction of sp³-hybridized carbons (Fsp3) is 0.250. The van der Waals surface area contributed by atoms with Crippen molar-refractivity contribution in [2.24, 2.45) is 0 Å². The summed E-state index contributed by atoms with van der Waals surface area (Å²) in [5.41, 5.74) is 4.71. The Hall–Kier alpha value is -2.32. The van der Waals surface area contributed by atoms with Crippen molar-refractivity contribution in [3.63, 3.8) is 0 Å². The van der Waals surface area contributed by atoms with Gasteiger partial charge in [0.15, 0.2) is 0 Å². The molecule has 1 nitrogen and oxygen atoms in total. The zero-order valence-corrected chi connectivity index (χ0v) is 17.4. The monoisotopic (exact) mass is 360 g/mol. The summed E-state index contributed by atoms with van der Waals surface area (Å²) in [5.74, 6) is 1.01. The number of benzene rings is 3. The van der Waals surface area contributed by atoms with Crippen molar-refractivity contribution >= 4 is 8.32 Å². The van der Waals surface area contributed by atoms with Gasteiger partial charge in [-0.15, -0.1) is 0 Å². The van der Waals surface area contributed by atoms with Crippen molar-refractivity contribution in [2.45, 2.75) is 38.9 Å². The van der Waals surface area contributed by atoms with E-state index in [1.165, 1.54) is 11.1 Å². The maximum absolute atomic E-state index is 6.88. The molecule has 0 amide bonds. The van der Waals surface area contributed by atoms with E-state index in [2.05, 4.69) is 113 Å². The normalized spacial score (nSPS) is 12.0. The van der Waals surface area contributed by atoms with Crippen molar-refractivity contribution in [3.05, 3.63) is 78.9 Å². The summed E-state index contributed by atoms with van der Waals surface area (Å²) in [7, 11) is -1.97. The Kier molecular flexibility index (Phi) is 5.06. The summed E-state index contributed by atoms with van der Waals surface area (Å²) in [6.45, 7) is 11.5. The van der Waals surface area contributed by atoms with Crippen LogP contribution in [-0.2, 0) is 0 Å². The van der Waals surface area contributed by atoms with Crippen LogP contribution in [-0.4, -0.2) is 8.32 Å². The van der Waals surface area contributed by atoms with Crippen LogP contribution in [0.1, 0.15) is 20.8 Å². The van der Waals surface area contributed by atoms with Crippen LogP contribution in [0.25, 0.3) is 22.3 Å². The summed E-state index contributed by atoms with van der Waals surface area (Å²) in [6.07, 6.45) is 0. The van der Waals surface area contributed by atoms with Gasteiger partial charge in [0, 0.05) is 11.1 Å². The zero-order valence-electron chi connectivity index (χ0n) is 16.4. The molecule has 0 aromatic heterocycles. The van der Waals surface area contributed by atoms with Gasteiger partial charge in [-0.1, -0.05) is 99.6 Å². The smallest absolute Gasteiger partial charge is 0.250 e. The average Bonchev–Trinajstić information content (AvgIpc) is 2.62. The average molecular weight is 361 g/mol. The molecule has 0 atom stereocenters. The molecular weight excluding hydrogens is 332 g/mol. The van der Waals surface area contributed by atoms with Crippen LogP contribution < -0.4 is 4.43 Å². The summed E-state index contributed by atoms with van der Waals surface area (Å²) >= 11 is 0. The van der Waals surface area contributed by atoms with Gasteiger partial charge in [-0.25, -0.2) is 0 Å². The quantitative estimate of drug-likeness (QED) is 0.440. The van der Waals surface area contributed by atoms with E-state index in [1.807, 2.05) is 0 Å². The molecule has 0 aliphatic heterocycles. The molecule has 0 radical (unpaired) electrons. The zero-order chi connectivity index (χ0) is 18.8. The highest BCUT2D eigenvalue weighted by molar-refractivity contribution is 6.74. The van der Waals surface area contributed by atoms with Gasteiger partial charge in [0.25, 0.3) is 8.32 Å². The molecule has 134 valence electrons. The van der Waals surface area contributed by atoms with E-state index >= 15 is 0 Å². The van der Waals surface area contributed by atoms with Gasteiger partial charge in [0.05, 0.1) is 0 Å². The molecule has 3 aromatic carbocycles. The topological polar surface area (TPSA) is 9.23 Å². The van der Waals surface area contributed by atoms with Crippen LogP contribution in [0.15, 0.2) is 78.9 Å². The highest BCUT2D eigenvalue weighted by Crippen LogP contribution is 2.44. The van der Waals surface area contributed by atoms with E-state index < -0.39 is 8.32 Å². The molecular formula is C24H28OSi. The van der Waals surface area contributed by atoms with Gasteiger partial charge >= 0.3 is 0 Å². The molecule has 0 aliphatic rings. The molecule has 26 heavy (non-hydrogen) atoms. The van der Waals surface area contributed by atoms with Gasteiger partial charge < -0.3 is 4.43 Å². The third kappa shape index (κ3) is 3.76. The lowest BCUT2D eigenvalue weighted by atomic mass is 9.97. The van der Waals surface area contributed by atoms with Crippen molar-refractivity contribution in [1.82, 2.24) is 0 Å². The second-order valence-electron chi connectivity index (χ2n) is 8.28. The van der Waals surface area contributed by atoms with Crippen molar-refractivity contribution in [3.8, 4) is 28.0 Å². The summed E-state index contributed by atoms with van der Waals surface area (Å²) < 4.78 is 6.88. The number of para-hydroxylation sites is 1. The Morgan fingerprint density at radius 1 is 0.615 bits per heavy atom. The molecule has 3 rings (SSSR count). The number of hydrogen-bond donors (Lipinski definition) is 0. The van der Waals surface area contributed by atoms with Crippen LogP contribution in [0.3, 0.4) is 0 Å². The van der Waals surface area contributed by atoms with Crippen LogP contribution >= 0.6 is 0 Å². The maximum Gasteiger partial charge on any atom is 0.250 e. The summed E-state index contributed by atoms with van der Waals surface area (Å²) in [4.78, 5) is 0. The number of hydrogen-bond acceptors (Lipinski definition) is 1. The van der Waals surface area contributed by atoms with Gasteiger partial charge in [-0.3, -0.25) is 0 Å². The van der Waals surface area contributed by atoms with Crippen LogP contribution in [0.4, 0.5) is 0 Å². The molecule has 0 N–H and O–H groups in total. The highest BCUT2D eigenvalue weighted by Gasteiger charge is 2.40. The Bertz CT molecular complexity index is 804. The molecule has 0 saturated carbocycles. The lowest BCUT2D eigenvalue weighted by Gasteiger charge is -2.37. The van der Waals surface area contributed by atoms with Gasteiger partial charge in [-0.2, -0.15) is 0 Å². The van der Waals surface area contributed by atoms with Crippen LogP contribution in [0, 0.1) is 0 Å². The molecule has 0 unspecified atom stereocenters. The lowest BCUT2D eigenvalue weighted by molar-refractivity contribution is 0.495. The van der Waals surface area contributed by atoms with Crippen molar-refractivity contribution < 1.29 is 4.43 Å². The molecule has 0 spiro atoms. The largest absolute Gasteiger partial charge is 0.543 e. The molecule has 2 heteroatoms. The standard InChI is InChI=1S/C24H28OSi/c1-24(2,3)26(4,5)25-23-21(19-13-8-6-9-14-19)17-12-18-22(23)20-15-10-7-11-16-20/h6-18H,1-5H3. The minimum absolute atomic E-state index is 0.144. The Labute approximate surface area is 158 Å². The number of rotatable bonds is 4. The first kappa shape index (κ1) is 18.5. The van der Waals surface area contributed by atoms with Crippen molar-refractivity contribution in [2.75, 3.05) is 0 Å². The minimum atomic E-state index is -1.97. The minimum Gasteiger partial charge on any atom is -0.543 e. The third-order valence-corrected chi connectivity index (χ3v) is 9.67.